The van der Waals surface area contributed by atoms with E-state index in [4.69, 9.17) is 0 Å². The molecule has 5 rings (SSSR count). The molecule has 0 amide bonds. The Hall–Kier alpha value is -3.26. The number of imidazole rings is 1. The lowest BCUT2D eigenvalue weighted by Crippen LogP contribution is -2.35. The van der Waals surface area contributed by atoms with E-state index in [9.17, 15) is 9.90 Å². The molecule has 0 atom stereocenters. The van der Waals surface area contributed by atoms with Crippen LogP contribution in [0.1, 0.15) is 30.1 Å². The van der Waals surface area contributed by atoms with Crippen LogP contribution >= 0.6 is 0 Å². The average molecular weight is 390 g/mol. The van der Waals surface area contributed by atoms with Gasteiger partial charge >= 0.3 is 0 Å². The van der Waals surface area contributed by atoms with Crippen LogP contribution in [-0.4, -0.2) is 42.6 Å². The summed E-state index contributed by atoms with van der Waals surface area (Å²) in [6.07, 6.45) is 5.23. The Morgan fingerprint density at radius 1 is 1.17 bits per heavy atom. The van der Waals surface area contributed by atoms with Gasteiger partial charge in [-0.05, 0) is 63.5 Å². The van der Waals surface area contributed by atoms with Crippen molar-refractivity contribution in [1.82, 2.24) is 29.7 Å². The fourth-order valence-corrected chi connectivity index (χ4v) is 4.12. The lowest BCUT2D eigenvalue weighted by atomic mass is 10.0. The third kappa shape index (κ3) is 2.96. The maximum absolute atomic E-state index is 13.0. The first-order valence-electron chi connectivity index (χ1n) is 9.80. The molecule has 2 N–H and O–H groups in total. The van der Waals surface area contributed by atoms with Crippen LogP contribution in [0.4, 0.5) is 0 Å². The highest BCUT2D eigenvalue weighted by atomic mass is 16.3. The lowest BCUT2D eigenvalue weighted by molar-refractivity contribution is 0.333. The first-order chi connectivity index (χ1) is 14.0. The van der Waals surface area contributed by atoms with E-state index in [2.05, 4.69) is 20.5 Å². The number of rotatable bonds is 2. The second kappa shape index (κ2) is 6.66. The Bertz CT molecular complexity index is 1300. The maximum Gasteiger partial charge on any atom is 0.278 e. The summed E-state index contributed by atoms with van der Waals surface area (Å²) in [7, 11) is 0. The standard InChI is InChI=1S/C21H22N6O2/c1-12-7-17(25-26-11-13(2)24-20(12)26)14-8-15-10-23-27(16-3-5-22-6-4-16)21(29)19(15)18(28)9-14/h7-11,16,22,28H,3-6H2,1-2H3. The molecule has 29 heavy (non-hydrogen) atoms. The van der Waals surface area contributed by atoms with Crippen LogP contribution in [0, 0.1) is 13.8 Å². The summed E-state index contributed by atoms with van der Waals surface area (Å²) < 4.78 is 3.26. The summed E-state index contributed by atoms with van der Waals surface area (Å²) in [6, 6.07) is 5.46. The Labute approximate surface area is 166 Å². The van der Waals surface area contributed by atoms with Gasteiger partial charge in [-0.25, -0.2) is 14.2 Å². The Balaban J connectivity index is 1.64. The van der Waals surface area contributed by atoms with Crippen molar-refractivity contribution in [1.29, 1.82) is 0 Å². The van der Waals surface area contributed by atoms with E-state index < -0.39 is 0 Å². The number of piperidine rings is 1. The van der Waals surface area contributed by atoms with E-state index >= 15 is 0 Å². The van der Waals surface area contributed by atoms with Gasteiger partial charge in [-0.2, -0.15) is 10.2 Å². The summed E-state index contributed by atoms with van der Waals surface area (Å²) in [5.41, 5.74) is 3.87. The minimum absolute atomic E-state index is 0.0473. The fourth-order valence-electron chi connectivity index (χ4n) is 4.12. The molecule has 0 spiro atoms. The van der Waals surface area contributed by atoms with E-state index in [1.165, 1.54) is 4.68 Å². The number of fused-ring (bicyclic) bond motifs is 2. The van der Waals surface area contributed by atoms with Crippen LogP contribution in [0.25, 0.3) is 27.7 Å². The predicted molar refractivity (Wildman–Crippen MR) is 110 cm³/mol. The van der Waals surface area contributed by atoms with E-state index in [1.807, 2.05) is 32.2 Å². The van der Waals surface area contributed by atoms with Crippen molar-refractivity contribution in [2.45, 2.75) is 32.7 Å². The van der Waals surface area contributed by atoms with Gasteiger partial charge in [0.05, 0.1) is 35.2 Å². The topological polar surface area (TPSA) is 97.3 Å². The number of phenols is 1. The molecule has 1 aromatic carbocycles. The van der Waals surface area contributed by atoms with Gasteiger partial charge in [0, 0.05) is 10.9 Å². The van der Waals surface area contributed by atoms with Crippen LogP contribution in [0.5, 0.6) is 5.75 Å². The molecular weight excluding hydrogens is 368 g/mol. The number of aromatic hydroxyl groups is 1. The quantitative estimate of drug-likeness (QED) is 0.545. The second-order valence-electron chi connectivity index (χ2n) is 7.70. The molecule has 0 unspecified atom stereocenters. The molecule has 1 saturated heterocycles. The molecule has 4 heterocycles. The monoisotopic (exact) mass is 390 g/mol. The van der Waals surface area contributed by atoms with Crippen LogP contribution in [0.3, 0.4) is 0 Å². The number of benzene rings is 1. The van der Waals surface area contributed by atoms with Crippen LogP contribution in [0.15, 0.2) is 35.4 Å². The number of hydrogen-bond donors (Lipinski definition) is 2. The molecule has 0 aliphatic carbocycles. The summed E-state index contributed by atoms with van der Waals surface area (Å²) in [5.74, 6) is -0.0473. The second-order valence-corrected chi connectivity index (χ2v) is 7.70. The molecule has 8 heteroatoms. The number of hydrogen-bond acceptors (Lipinski definition) is 6. The van der Waals surface area contributed by atoms with Gasteiger partial charge in [-0.1, -0.05) is 0 Å². The van der Waals surface area contributed by atoms with Crippen molar-refractivity contribution < 1.29 is 5.11 Å². The van der Waals surface area contributed by atoms with Crippen molar-refractivity contribution >= 4 is 16.4 Å². The maximum atomic E-state index is 13.0. The van der Waals surface area contributed by atoms with Crippen LogP contribution in [-0.2, 0) is 0 Å². The van der Waals surface area contributed by atoms with E-state index in [0.717, 1.165) is 48.4 Å². The van der Waals surface area contributed by atoms with E-state index in [0.29, 0.717) is 16.5 Å². The van der Waals surface area contributed by atoms with Crippen molar-refractivity contribution in [2.75, 3.05) is 13.1 Å². The summed E-state index contributed by atoms with van der Waals surface area (Å²) in [5, 5.41) is 23.9. The molecule has 4 aromatic rings. The SMILES string of the molecule is Cc1cn2nc(-c3cc(O)c4c(=O)n(C5CCNCC5)ncc4c3)cc(C)c2n1. The Morgan fingerprint density at radius 2 is 1.97 bits per heavy atom. The normalized spacial score (nSPS) is 15.4. The minimum Gasteiger partial charge on any atom is -0.507 e. The highest BCUT2D eigenvalue weighted by Crippen LogP contribution is 2.30. The molecule has 8 nitrogen and oxygen atoms in total. The van der Waals surface area contributed by atoms with Crippen LogP contribution < -0.4 is 10.9 Å². The van der Waals surface area contributed by atoms with E-state index in [-0.39, 0.29) is 17.4 Å². The van der Waals surface area contributed by atoms with Gasteiger partial charge in [0.15, 0.2) is 5.65 Å². The van der Waals surface area contributed by atoms with Crippen molar-refractivity contribution in [3.05, 3.63) is 52.2 Å². The first kappa shape index (κ1) is 17.8. The lowest BCUT2D eigenvalue weighted by Gasteiger charge is -2.23. The van der Waals surface area contributed by atoms with Crippen molar-refractivity contribution in [3.8, 4) is 17.0 Å². The highest BCUT2D eigenvalue weighted by molar-refractivity contribution is 5.91. The number of nitrogens with one attached hydrogen (secondary N) is 1. The third-order valence-corrected chi connectivity index (χ3v) is 5.57. The molecule has 0 bridgehead atoms. The van der Waals surface area contributed by atoms with Gasteiger partial charge < -0.3 is 10.4 Å². The molecular formula is C21H22N6O2. The number of phenolic OH excluding ortho intramolecular Hbond substituents is 1. The van der Waals surface area contributed by atoms with Gasteiger partial charge in [-0.15, -0.1) is 0 Å². The van der Waals surface area contributed by atoms with Gasteiger partial charge in [-0.3, -0.25) is 4.79 Å². The van der Waals surface area contributed by atoms with E-state index in [1.54, 1.807) is 16.8 Å². The predicted octanol–water partition coefficient (Wildman–Crippen LogP) is 2.35. The van der Waals surface area contributed by atoms with Crippen molar-refractivity contribution in [3.63, 3.8) is 0 Å². The molecule has 0 radical (unpaired) electrons. The largest absolute Gasteiger partial charge is 0.507 e. The van der Waals surface area contributed by atoms with Gasteiger partial charge in [0.2, 0.25) is 0 Å². The smallest absolute Gasteiger partial charge is 0.278 e. The Morgan fingerprint density at radius 3 is 2.76 bits per heavy atom. The van der Waals surface area contributed by atoms with Gasteiger partial charge in [0.1, 0.15) is 5.75 Å². The average Bonchev–Trinajstić information content (AvgIpc) is 3.09. The molecule has 1 aliphatic heterocycles. The highest BCUT2D eigenvalue weighted by Gasteiger charge is 2.20. The summed E-state index contributed by atoms with van der Waals surface area (Å²) in [6.45, 7) is 5.63. The zero-order valence-corrected chi connectivity index (χ0v) is 16.4. The summed E-state index contributed by atoms with van der Waals surface area (Å²) in [4.78, 5) is 17.5. The van der Waals surface area contributed by atoms with Crippen molar-refractivity contribution in [2.24, 2.45) is 0 Å². The molecule has 3 aromatic heterocycles. The minimum atomic E-state index is -0.247. The van der Waals surface area contributed by atoms with Crippen LogP contribution in [0.2, 0.25) is 0 Å². The Kier molecular flexibility index (Phi) is 4.09. The summed E-state index contributed by atoms with van der Waals surface area (Å²) >= 11 is 0. The van der Waals surface area contributed by atoms with Gasteiger partial charge in [0.25, 0.3) is 5.56 Å². The third-order valence-electron chi connectivity index (χ3n) is 5.57. The first-order valence-corrected chi connectivity index (χ1v) is 9.80. The fraction of sp³-hybridized carbons (Fsp3) is 0.333. The molecule has 1 fully saturated rings. The number of nitrogens with zero attached hydrogens (tertiary/aromatic N) is 5. The zero-order chi connectivity index (χ0) is 20.1. The zero-order valence-electron chi connectivity index (χ0n) is 16.4. The molecule has 0 saturated carbocycles. The number of aryl methyl sites for hydroxylation is 2. The molecule has 1 aliphatic rings. The number of aromatic nitrogens is 5. The molecule has 148 valence electrons.